The minimum atomic E-state index is -0.891. The molecule has 6 heteroatoms. The molecule has 1 saturated heterocycles. The normalized spacial score (nSPS) is 21.0. The van der Waals surface area contributed by atoms with E-state index >= 15 is 0 Å². The Kier molecular flexibility index (Phi) is 4.93. The molecular formula is C16H17NO5. The molecular weight excluding hydrogens is 286 g/mol. The summed E-state index contributed by atoms with van der Waals surface area (Å²) in [4.78, 5) is 35.4. The number of benzene rings is 1. The second-order valence-corrected chi connectivity index (χ2v) is 4.91. The molecule has 1 unspecified atom stereocenters. The van der Waals surface area contributed by atoms with Gasteiger partial charge in [0, 0.05) is 5.56 Å². The number of hydrogen-bond acceptors (Lipinski definition) is 5. The lowest BCUT2D eigenvalue weighted by molar-refractivity contribution is -0.139. The van der Waals surface area contributed by atoms with Gasteiger partial charge in [0.1, 0.15) is 24.7 Å². The lowest BCUT2D eigenvalue weighted by Gasteiger charge is -2.38. The summed E-state index contributed by atoms with van der Waals surface area (Å²) in [5, 5.41) is 2.55. The van der Waals surface area contributed by atoms with Gasteiger partial charge in [-0.2, -0.15) is 0 Å². The molecule has 0 radical (unpaired) electrons. The van der Waals surface area contributed by atoms with E-state index in [2.05, 4.69) is 11.9 Å². The molecule has 1 aliphatic rings. The second kappa shape index (κ2) is 6.89. The smallest absolute Gasteiger partial charge is 0.430 e. The van der Waals surface area contributed by atoms with Gasteiger partial charge in [-0.25, -0.2) is 4.79 Å². The topological polar surface area (TPSA) is 81.7 Å². The highest BCUT2D eigenvalue weighted by molar-refractivity contribution is 6.08. The lowest BCUT2D eigenvalue weighted by Crippen LogP contribution is -2.65. The summed E-state index contributed by atoms with van der Waals surface area (Å²) in [5.74, 6) is -1.25. The molecule has 3 atom stereocenters. The van der Waals surface area contributed by atoms with Gasteiger partial charge >= 0.3 is 6.16 Å². The first-order valence-electron chi connectivity index (χ1n) is 6.88. The van der Waals surface area contributed by atoms with Crippen molar-refractivity contribution in [3.63, 3.8) is 0 Å². The summed E-state index contributed by atoms with van der Waals surface area (Å²) in [6, 6.07) is 7.94. The Labute approximate surface area is 128 Å². The van der Waals surface area contributed by atoms with Gasteiger partial charge in [-0.15, -0.1) is 0 Å². The Morgan fingerprint density at radius 1 is 1.36 bits per heavy atom. The van der Waals surface area contributed by atoms with Gasteiger partial charge in [-0.1, -0.05) is 43.0 Å². The van der Waals surface area contributed by atoms with Gasteiger partial charge in [0.25, 0.3) is 0 Å². The maximum Gasteiger partial charge on any atom is 0.508 e. The van der Waals surface area contributed by atoms with Crippen LogP contribution in [0.15, 0.2) is 43.0 Å². The fourth-order valence-corrected chi connectivity index (χ4v) is 2.28. The molecule has 1 heterocycles. The van der Waals surface area contributed by atoms with Crippen LogP contribution in [0.3, 0.4) is 0 Å². The summed E-state index contributed by atoms with van der Waals surface area (Å²) in [5.41, 5.74) is 0.499. The Morgan fingerprint density at radius 3 is 2.64 bits per heavy atom. The molecule has 1 aliphatic heterocycles. The van der Waals surface area contributed by atoms with Gasteiger partial charge in [-0.05, 0) is 6.92 Å². The van der Waals surface area contributed by atoms with Crippen LogP contribution in [0.25, 0.3) is 0 Å². The Morgan fingerprint density at radius 2 is 2.05 bits per heavy atom. The lowest BCUT2D eigenvalue weighted by atomic mass is 9.81. The van der Waals surface area contributed by atoms with Crippen molar-refractivity contribution < 1.29 is 23.9 Å². The van der Waals surface area contributed by atoms with Crippen molar-refractivity contribution in [3.8, 4) is 0 Å². The first kappa shape index (κ1) is 15.8. The third kappa shape index (κ3) is 3.33. The number of amides is 1. The van der Waals surface area contributed by atoms with E-state index in [-0.39, 0.29) is 18.3 Å². The number of β-lactam (4-membered cyclic amide) rings is 1. The predicted molar refractivity (Wildman–Crippen MR) is 78.3 cm³/mol. The SMILES string of the molecule is C=CCOC(=O)OC(C)[C@@H]1C(=O)N[C@H]1C(=O)c1ccccc1. The van der Waals surface area contributed by atoms with Crippen molar-refractivity contribution in [1.82, 2.24) is 5.32 Å². The number of carbonyl (C=O) groups is 3. The fourth-order valence-electron chi connectivity index (χ4n) is 2.28. The highest BCUT2D eigenvalue weighted by Crippen LogP contribution is 2.25. The summed E-state index contributed by atoms with van der Waals surface area (Å²) < 4.78 is 9.72. The average molecular weight is 303 g/mol. The van der Waals surface area contributed by atoms with Crippen molar-refractivity contribution in [1.29, 1.82) is 0 Å². The minimum Gasteiger partial charge on any atom is -0.430 e. The van der Waals surface area contributed by atoms with Crippen molar-refractivity contribution in [2.45, 2.75) is 19.1 Å². The van der Waals surface area contributed by atoms with Crippen LogP contribution in [-0.2, 0) is 14.3 Å². The van der Waals surface area contributed by atoms with E-state index in [1.54, 1.807) is 37.3 Å². The van der Waals surface area contributed by atoms with E-state index in [1.807, 2.05) is 0 Å². The number of rotatable bonds is 6. The molecule has 1 aromatic carbocycles. The van der Waals surface area contributed by atoms with Crippen molar-refractivity contribution in [3.05, 3.63) is 48.6 Å². The molecule has 0 saturated carbocycles. The molecule has 6 nitrogen and oxygen atoms in total. The first-order valence-corrected chi connectivity index (χ1v) is 6.88. The van der Waals surface area contributed by atoms with Crippen molar-refractivity contribution in [2.75, 3.05) is 6.61 Å². The van der Waals surface area contributed by atoms with Gasteiger partial charge in [0.05, 0.1) is 0 Å². The quantitative estimate of drug-likeness (QED) is 0.374. The predicted octanol–water partition coefficient (Wildman–Crippen LogP) is 1.71. The molecule has 1 fully saturated rings. The third-order valence-electron chi connectivity index (χ3n) is 3.41. The van der Waals surface area contributed by atoms with Gasteiger partial charge < -0.3 is 14.8 Å². The molecule has 0 aliphatic carbocycles. The Hall–Kier alpha value is -2.63. The molecule has 1 amide bonds. The zero-order valence-corrected chi connectivity index (χ0v) is 12.2. The van der Waals surface area contributed by atoms with Crippen LogP contribution in [0.1, 0.15) is 17.3 Å². The maximum absolute atomic E-state index is 12.3. The summed E-state index contributed by atoms with van der Waals surface area (Å²) >= 11 is 0. The fraction of sp³-hybridized carbons (Fsp3) is 0.312. The number of hydrogen-bond donors (Lipinski definition) is 1. The zero-order chi connectivity index (χ0) is 16.1. The minimum absolute atomic E-state index is 0.0226. The summed E-state index contributed by atoms with van der Waals surface area (Å²) in [7, 11) is 0. The Balaban J connectivity index is 2.00. The van der Waals surface area contributed by atoms with Crippen molar-refractivity contribution >= 4 is 17.8 Å². The highest BCUT2D eigenvalue weighted by Gasteiger charge is 2.48. The highest BCUT2D eigenvalue weighted by atomic mass is 16.7. The van der Waals surface area contributed by atoms with E-state index in [9.17, 15) is 14.4 Å². The summed E-state index contributed by atoms with van der Waals surface area (Å²) in [6.45, 7) is 5.00. The van der Waals surface area contributed by atoms with E-state index in [0.717, 1.165) is 0 Å². The largest absolute Gasteiger partial charge is 0.508 e. The number of ether oxygens (including phenoxy) is 2. The summed E-state index contributed by atoms with van der Waals surface area (Å²) in [6.07, 6.45) is -0.245. The van der Waals surface area contributed by atoms with E-state index < -0.39 is 24.2 Å². The van der Waals surface area contributed by atoms with Crippen LogP contribution >= 0.6 is 0 Å². The molecule has 22 heavy (non-hydrogen) atoms. The van der Waals surface area contributed by atoms with E-state index in [1.165, 1.54) is 6.08 Å². The Bertz CT molecular complexity index is 583. The number of ketones is 1. The second-order valence-electron chi connectivity index (χ2n) is 4.91. The average Bonchev–Trinajstić information content (AvgIpc) is 2.50. The van der Waals surface area contributed by atoms with Crippen LogP contribution in [0.5, 0.6) is 0 Å². The molecule has 1 aromatic rings. The zero-order valence-electron chi connectivity index (χ0n) is 12.2. The van der Waals surface area contributed by atoms with Crippen LogP contribution in [0.2, 0.25) is 0 Å². The van der Waals surface area contributed by atoms with Crippen molar-refractivity contribution in [2.24, 2.45) is 5.92 Å². The van der Waals surface area contributed by atoms with Crippen LogP contribution in [0.4, 0.5) is 4.79 Å². The molecule has 0 aromatic heterocycles. The molecule has 1 N–H and O–H groups in total. The van der Waals surface area contributed by atoms with Gasteiger partial charge in [-0.3, -0.25) is 9.59 Å². The monoisotopic (exact) mass is 303 g/mol. The molecule has 2 rings (SSSR count). The van der Waals surface area contributed by atoms with Gasteiger partial charge in [0.15, 0.2) is 5.78 Å². The third-order valence-corrected chi connectivity index (χ3v) is 3.41. The number of Topliss-reactive ketones (excluding diaryl/α,β-unsaturated/α-hetero) is 1. The first-order chi connectivity index (χ1) is 10.5. The standard InChI is InChI=1S/C16H17NO5/c1-3-9-21-16(20)22-10(2)12-13(17-15(12)19)14(18)11-7-5-4-6-8-11/h3-8,10,12-13H,1,9H2,2H3,(H,17,19)/t10?,12-,13+/m0/s1. The number of nitrogens with one attached hydrogen (secondary N) is 1. The molecule has 0 bridgehead atoms. The van der Waals surface area contributed by atoms with Crippen LogP contribution in [0, 0.1) is 5.92 Å². The molecule has 116 valence electrons. The van der Waals surface area contributed by atoms with E-state index in [4.69, 9.17) is 9.47 Å². The maximum atomic E-state index is 12.3. The van der Waals surface area contributed by atoms with Gasteiger partial charge in [0.2, 0.25) is 5.91 Å². The number of carbonyl (C=O) groups excluding carboxylic acids is 3. The van der Waals surface area contributed by atoms with Crippen LogP contribution in [-0.4, -0.2) is 36.6 Å². The van der Waals surface area contributed by atoms with E-state index in [0.29, 0.717) is 5.56 Å². The molecule has 0 spiro atoms. The van der Waals surface area contributed by atoms with Crippen LogP contribution < -0.4 is 5.32 Å².